The third-order valence-electron chi connectivity index (χ3n) is 4.37. The van der Waals surface area contributed by atoms with Gasteiger partial charge in [0.2, 0.25) is 0 Å². The topological polar surface area (TPSA) is 30.9 Å². The Morgan fingerprint density at radius 2 is 1.65 bits per heavy atom. The van der Waals surface area contributed by atoms with Gasteiger partial charge in [-0.05, 0) is 23.3 Å². The van der Waals surface area contributed by atoms with Gasteiger partial charge in [0.25, 0.3) is 0 Å². The second-order valence-corrected chi connectivity index (χ2v) is 5.99. The van der Waals surface area contributed by atoms with Crippen LogP contribution in [0.1, 0.15) is 17.2 Å². The van der Waals surface area contributed by atoms with Gasteiger partial charge in [-0.25, -0.2) is 0 Å². The molecule has 1 atom stereocenters. The molecule has 23 heavy (non-hydrogen) atoms. The average molecular weight is 311 g/mol. The van der Waals surface area contributed by atoms with E-state index in [0.717, 1.165) is 49.9 Å². The van der Waals surface area contributed by atoms with Crippen LogP contribution in [0.25, 0.3) is 0 Å². The zero-order valence-corrected chi connectivity index (χ0v) is 13.1. The molecule has 0 bridgehead atoms. The lowest BCUT2D eigenvalue weighted by atomic mass is 10.1. The van der Waals surface area contributed by atoms with Crippen molar-refractivity contribution in [3.05, 3.63) is 59.7 Å². The number of para-hydroxylation sites is 2. The van der Waals surface area contributed by atoms with Gasteiger partial charge >= 0.3 is 0 Å². The molecule has 4 rings (SSSR count). The fourth-order valence-corrected chi connectivity index (χ4v) is 3.04. The van der Waals surface area contributed by atoms with Crippen LogP contribution >= 0.6 is 0 Å². The Kier molecular flexibility index (Phi) is 4.18. The summed E-state index contributed by atoms with van der Waals surface area (Å²) in [4.78, 5) is 2.43. The number of hydrogen-bond donors (Lipinski definition) is 0. The van der Waals surface area contributed by atoms with E-state index in [2.05, 4.69) is 29.2 Å². The second kappa shape index (κ2) is 6.60. The van der Waals surface area contributed by atoms with E-state index in [-0.39, 0.29) is 6.10 Å². The highest BCUT2D eigenvalue weighted by Crippen LogP contribution is 2.35. The first-order valence-corrected chi connectivity index (χ1v) is 8.16. The molecule has 2 aromatic rings. The van der Waals surface area contributed by atoms with Gasteiger partial charge < -0.3 is 14.2 Å². The van der Waals surface area contributed by atoms with Crippen LogP contribution in [0.5, 0.6) is 11.5 Å². The number of ether oxygens (including phenoxy) is 3. The summed E-state index contributed by atoms with van der Waals surface area (Å²) in [5, 5.41) is 0. The van der Waals surface area contributed by atoms with Crippen molar-refractivity contribution in [1.82, 2.24) is 4.90 Å². The quantitative estimate of drug-likeness (QED) is 0.872. The normalized spacial score (nSPS) is 21.1. The summed E-state index contributed by atoms with van der Waals surface area (Å²) in [5.74, 6) is 1.65. The molecule has 0 unspecified atom stereocenters. The Bertz CT molecular complexity index is 650. The molecule has 1 fully saturated rings. The fourth-order valence-electron chi connectivity index (χ4n) is 3.04. The molecule has 0 spiro atoms. The molecule has 0 radical (unpaired) electrons. The van der Waals surface area contributed by atoms with E-state index in [4.69, 9.17) is 14.2 Å². The van der Waals surface area contributed by atoms with Crippen LogP contribution in [0.4, 0.5) is 0 Å². The first-order valence-electron chi connectivity index (χ1n) is 8.16. The van der Waals surface area contributed by atoms with Crippen molar-refractivity contribution in [3.8, 4) is 11.5 Å². The van der Waals surface area contributed by atoms with Crippen molar-refractivity contribution in [3.63, 3.8) is 0 Å². The van der Waals surface area contributed by atoms with Gasteiger partial charge in [0.1, 0.15) is 6.61 Å². The molecule has 0 aromatic heterocycles. The molecule has 0 aliphatic carbocycles. The van der Waals surface area contributed by atoms with E-state index in [1.807, 2.05) is 24.3 Å². The van der Waals surface area contributed by atoms with E-state index in [0.29, 0.717) is 6.61 Å². The number of fused-ring (bicyclic) bond motifs is 1. The Morgan fingerprint density at radius 3 is 2.43 bits per heavy atom. The maximum atomic E-state index is 6.06. The summed E-state index contributed by atoms with van der Waals surface area (Å²) < 4.78 is 17.2. The Balaban J connectivity index is 1.42. The number of hydrogen-bond acceptors (Lipinski definition) is 4. The SMILES string of the molecule is c1ccc2c(c1)OC[C@H](c1ccc(CN3CCOCC3)cc1)O2. The van der Waals surface area contributed by atoms with Gasteiger partial charge in [0.15, 0.2) is 17.6 Å². The number of benzene rings is 2. The van der Waals surface area contributed by atoms with Crippen molar-refractivity contribution >= 4 is 0 Å². The minimum atomic E-state index is -0.0395. The van der Waals surface area contributed by atoms with Gasteiger partial charge in [0, 0.05) is 19.6 Å². The Hall–Kier alpha value is -2.04. The standard InChI is InChI=1S/C19H21NO3/c1-2-4-18-17(3-1)22-14-19(23-18)16-7-5-15(6-8-16)13-20-9-11-21-12-10-20/h1-8,19H,9-14H2/t19-/m1/s1. The Labute approximate surface area is 136 Å². The summed E-state index contributed by atoms with van der Waals surface area (Å²) in [6, 6.07) is 16.5. The monoisotopic (exact) mass is 311 g/mol. The minimum absolute atomic E-state index is 0.0395. The molecule has 0 N–H and O–H groups in total. The molecular formula is C19H21NO3. The number of morpholine rings is 1. The van der Waals surface area contributed by atoms with Crippen LogP contribution in [-0.2, 0) is 11.3 Å². The molecule has 120 valence electrons. The summed E-state index contributed by atoms with van der Waals surface area (Å²) in [7, 11) is 0. The van der Waals surface area contributed by atoms with Crippen molar-refractivity contribution in [1.29, 1.82) is 0 Å². The van der Waals surface area contributed by atoms with Gasteiger partial charge in [-0.3, -0.25) is 4.90 Å². The first-order chi connectivity index (χ1) is 11.4. The fraction of sp³-hybridized carbons (Fsp3) is 0.368. The van der Waals surface area contributed by atoms with E-state index in [1.54, 1.807) is 0 Å². The zero-order valence-electron chi connectivity index (χ0n) is 13.1. The van der Waals surface area contributed by atoms with Crippen molar-refractivity contribution in [2.45, 2.75) is 12.6 Å². The summed E-state index contributed by atoms with van der Waals surface area (Å²) >= 11 is 0. The van der Waals surface area contributed by atoms with Gasteiger partial charge in [0.05, 0.1) is 13.2 Å². The van der Waals surface area contributed by atoms with Crippen molar-refractivity contribution < 1.29 is 14.2 Å². The average Bonchev–Trinajstić information content (AvgIpc) is 2.63. The largest absolute Gasteiger partial charge is 0.485 e. The molecule has 4 heteroatoms. The molecule has 2 aliphatic heterocycles. The highest BCUT2D eigenvalue weighted by atomic mass is 16.6. The van der Waals surface area contributed by atoms with Crippen LogP contribution in [0.2, 0.25) is 0 Å². The molecule has 0 amide bonds. The lowest BCUT2D eigenvalue weighted by molar-refractivity contribution is 0.0342. The minimum Gasteiger partial charge on any atom is -0.485 e. The van der Waals surface area contributed by atoms with Gasteiger partial charge in [-0.15, -0.1) is 0 Å². The summed E-state index contributed by atoms with van der Waals surface area (Å²) in [6.07, 6.45) is -0.0395. The first kappa shape index (κ1) is 14.5. The highest BCUT2D eigenvalue weighted by molar-refractivity contribution is 5.41. The summed E-state index contributed by atoms with van der Waals surface area (Å²) in [6.45, 7) is 5.24. The zero-order chi connectivity index (χ0) is 15.5. The third kappa shape index (κ3) is 3.33. The molecule has 1 saturated heterocycles. The summed E-state index contributed by atoms with van der Waals surface area (Å²) in [5.41, 5.74) is 2.48. The number of rotatable bonds is 3. The molecule has 2 aliphatic rings. The molecule has 2 heterocycles. The van der Waals surface area contributed by atoms with Crippen LogP contribution in [0.3, 0.4) is 0 Å². The van der Waals surface area contributed by atoms with Gasteiger partial charge in [-0.2, -0.15) is 0 Å². The van der Waals surface area contributed by atoms with E-state index >= 15 is 0 Å². The van der Waals surface area contributed by atoms with Crippen LogP contribution in [0.15, 0.2) is 48.5 Å². The predicted octanol–water partition coefficient (Wildman–Crippen LogP) is 3.03. The third-order valence-corrected chi connectivity index (χ3v) is 4.37. The van der Waals surface area contributed by atoms with Crippen molar-refractivity contribution in [2.75, 3.05) is 32.9 Å². The lowest BCUT2D eigenvalue weighted by Crippen LogP contribution is -2.35. The van der Waals surface area contributed by atoms with Crippen molar-refractivity contribution in [2.24, 2.45) is 0 Å². The van der Waals surface area contributed by atoms with E-state index in [1.165, 1.54) is 5.56 Å². The second-order valence-electron chi connectivity index (χ2n) is 5.99. The molecular weight excluding hydrogens is 290 g/mol. The lowest BCUT2D eigenvalue weighted by Gasteiger charge is -2.28. The molecule has 4 nitrogen and oxygen atoms in total. The molecule has 0 saturated carbocycles. The smallest absolute Gasteiger partial charge is 0.162 e. The van der Waals surface area contributed by atoms with Crippen LogP contribution in [0, 0.1) is 0 Å². The maximum Gasteiger partial charge on any atom is 0.162 e. The maximum absolute atomic E-state index is 6.06. The van der Waals surface area contributed by atoms with Gasteiger partial charge in [-0.1, -0.05) is 36.4 Å². The van der Waals surface area contributed by atoms with E-state index < -0.39 is 0 Å². The van der Waals surface area contributed by atoms with Crippen LogP contribution < -0.4 is 9.47 Å². The number of nitrogens with zero attached hydrogens (tertiary/aromatic N) is 1. The van der Waals surface area contributed by atoms with Crippen LogP contribution in [-0.4, -0.2) is 37.8 Å². The van der Waals surface area contributed by atoms with E-state index in [9.17, 15) is 0 Å². The Morgan fingerprint density at radius 1 is 0.913 bits per heavy atom. The predicted molar refractivity (Wildman–Crippen MR) is 87.8 cm³/mol. The molecule has 2 aromatic carbocycles. The highest BCUT2D eigenvalue weighted by Gasteiger charge is 2.22.